The topological polar surface area (TPSA) is 0 Å². The fraction of sp³-hybridized carbons (Fsp3) is 0.0612. The lowest BCUT2D eigenvalue weighted by atomic mass is 9.81. The number of benzene rings is 8. The summed E-state index contributed by atoms with van der Waals surface area (Å²) in [5.74, 6) is 0. The fourth-order valence-corrected chi connectivity index (χ4v) is 7.74. The van der Waals surface area contributed by atoms with Crippen LogP contribution in [0.3, 0.4) is 0 Å². The molecule has 49 heavy (non-hydrogen) atoms. The molecule has 0 aromatic heterocycles. The molecule has 8 aromatic carbocycles. The molecule has 0 radical (unpaired) electrons. The predicted octanol–water partition coefficient (Wildman–Crippen LogP) is 13.5. The van der Waals surface area contributed by atoms with Crippen LogP contribution in [0.2, 0.25) is 0 Å². The Morgan fingerprint density at radius 2 is 0.673 bits per heavy atom. The van der Waals surface area contributed by atoms with E-state index < -0.39 is 0 Å². The molecule has 0 bridgehead atoms. The first kappa shape index (κ1) is 29.2. The molecule has 1 aliphatic carbocycles. The molecule has 0 spiro atoms. The van der Waals surface area contributed by atoms with Gasteiger partial charge in [0, 0.05) is 5.41 Å². The highest BCUT2D eigenvalue weighted by Crippen LogP contribution is 2.49. The van der Waals surface area contributed by atoms with E-state index in [4.69, 9.17) is 0 Å². The summed E-state index contributed by atoms with van der Waals surface area (Å²) in [6, 6.07) is 66.9. The van der Waals surface area contributed by atoms with Crippen LogP contribution < -0.4 is 0 Å². The van der Waals surface area contributed by atoms with E-state index in [1.54, 1.807) is 0 Å². The van der Waals surface area contributed by atoms with Crippen LogP contribution in [0.5, 0.6) is 0 Å². The molecule has 0 aliphatic heterocycles. The Kier molecular flexibility index (Phi) is 6.92. The van der Waals surface area contributed by atoms with Gasteiger partial charge in [0.15, 0.2) is 0 Å². The molecule has 9 rings (SSSR count). The molecule has 0 amide bonds. The minimum absolute atomic E-state index is 0.00723. The van der Waals surface area contributed by atoms with E-state index in [1.807, 2.05) is 0 Å². The molecule has 0 heterocycles. The third kappa shape index (κ3) is 5.18. The van der Waals surface area contributed by atoms with Crippen LogP contribution in [0, 0.1) is 0 Å². The molecular weight excluding hydrogens is 589 g/mol. The molecule has 0 unspecified atom stereocenters. The van der Waals surface area contributed by atoms with Crippen LogP contribution >= 0.6 is 0 Å². The highest BCUT2D eigenvalue weighted by atomic mass is 14.4. The summed E-state index contributed by atoms with van der Waals surface area (Å²) in [5, 5.41) is 2.53. The molecule has 8 aromatic rings. The summed E-state index contributed by atoms with van der Waals surface area (Å²) in [4.78, 5) is 0. The van der Waals surface area contributed by atoms with Gasteiger partial charge in [-0.25, -0.2) is 0 Å². The van der Waals surface area contributed by atoms with Crippen LogP contribution in [-0.2, 0) is 5.41 Å². The molecular formula is C49H36. The molecule has 0 fully saturated rings. The van der Waals surface area contributed by atoms with Gasteiger partial charge in [0.1, 0.15) is 0 Å². The number of rotatable bonds is 5. The third-order valence-electron chi connectivity index (χ3n) is 10.5. The van der Waals surface area contributed by atoms with Gasteiger partial charge in [0.2, 0.25) is 0 Å². The number of hydrogen-bond acceptors (Lipinski definition) is 0. The smallest absolute Gasteiger partial charge is 0.0159 e. The van der Waals surface area contributed by atoms with E-state index in [2.05, 4.69) is 196 Å². The van der Waals surface area contributed by atoms with Gasteiger partial charge in [-0.05, 0) is 119 Å². The van der Waals surface area contributed by atoms with Gasteiger partial charge in [-0.3, -0.25) is 0 Å². The van der Waals surface area contributed by atoms with Gasteiger partial charge in [0.25, 0.3) is 0 Å². The standard InChI is InChI=1S/C49H36/c1-49(2)47-19-6-5-18-45(47)46-27-26-44(32-48(46)49)42-17-8-13-38(29-42)35-22-20-34(21-23-35)37-12-7-14-39(28-37)40-15-9-16-41(31-40)43-25-24-33-10-3-4-11-36(33)30-43/h3-32H,1-2H3. The first-order valence-electron chi connectivity index (χ1n) is 17.2. The summed E-state index contributed by atoms with van der Waals surface area (Å²) in [7, 11) is 0. The summed E-state index contributed by atoms with van der Waals surface area (Å²) in [6.07, 6.45) is 0. The van der Waals surface area contributed by atoms with Crippen molar-refractivity contribution in [3.63, 3.8) is 0 Å². The van der Waals surface area contributed by atoms with Crippen molar-refractivity contribution in [1.82, 2.24) is 0 Å². The van der Waals surface area contributed by atoms with Crippen LogP contribution in [0.4, 0.5) is 0 Å². The average molecular weight is 625 g/mol. The maximum Gasteiger partial charge on any atom is 0.0159 e. The van der Waals surface area contributed by atoms with E-state index >= 15 is 0 Å². The van der Waals surface area contributed by atoms with Gasteiger partial charge in [0.05, 0.1) is 0 Å². The van der Waals surface area contributed by atoms with Crippen molar-refractivity contribution in [2.45, 2.75) is 19.3 Å². The monoisotopic (exact) mass is 624 g/mol. The molecule has 0 saturated heterocycles. The molecule has 0 saturated carbocycles. The van der Waals surface area contributed by atoms with Crippen molar-refractivity contribution in [3.05, 3.63) is 193 Å². The Balaban J connectivity index is 0.982. The molecule has 232 valence electrons. The largest absolute Gasteiger partial charge is 0.0619 e. The van der Waals surface area contributed by atoms with Crippen LogP contribution in [-0.4, -0.2) is 0 Å². The zero-order chi connectivity index (χ0) is 33.0. The van der Waals surface area contributed by atoms with E-state index in [0.29, 0.717) is 0 Å². The number of hydrogen-bond donors (Lipinski definition) is 0. The van der Waals surface area contributed by atoms with Crippen molar-refractivity contribution in [3.8, 4) is 66.8 Å². The van der Waals surface area contributed by atoms with E-state index in [-0.39, 0.29) is 5.41 Å². The molecule has 0 nitrogen and oxygen atoms in total. The number of fused-ring (bicyclic) bond motifs is 4. The predicted molar refractivity (Wildman–Crippen MR) is 209 cm³/mol. The Morgan fingerprint density at radius 3 is 1.27 bits per heavy atom. The van der Waals surface area contributed by atoms with Gasteiger partial charge in [-0.15, -0.1) is 0 Å². The summed E-state index contributed by atoms with van der Waals surface area (Å²) >= 11 is 0. The lowest BCUT2D eigenvalue weighted by molar-refractivity contribution is 0.660. The van der Waals surface area contributed by atoms with Crippen molar-refractivity contribution in [2.24, 2.45) is 0 Å². The van der Waals surface area contributed by atoms with Crippen molar-refractivity contribution >= 4 is 10.8 Å². The second-order valence-electron chi connectivity index (χ2n) is 13.8. The van der Waals surface area contributed by atoms with Crippen LogP contribution in [0.1, 0.15) is 25.0 Å². The second-order valence-corrected chi connectivity index (χ2v) is 13.8. The lowest BCUT2D eigenvalue weighted by Gasteiger charge is -2.22. The van der Waals surface area contributed by atoms with E-state index in [0.717, 1.165) is 0 Å². The van der Waals surface area contributed by atoms with E-state index in [1.165, 1.54) is 88.7 Å². The van der Waals surface area contributed by atoms with Gasteiger partial charge >= 0.3 is 0 Å². The molecule has 0 atom stereocenters. The Hall–Kier alpha value is -5.98. The highest BCUT2D eigenvalue weighted by Gasteiger charge is 2.35. The van der Waals surface area contributed by atoms with Gasteiger partial charge in [-0.2, -0.15) is 0 Å². The molecule has 1 aliphatic rings. The zero-order valence-electron chi connectivity index (χ0n) is 27.8. The van der Waals surface area contributed by atoms with Gasteiger partial charge < -0.3 is 0 Å². The summed E-state index contributed by atoms with van der Waals surface area (Å²) in [5.41, 5.74) is 17.8. The maximum absolute atomic E-state index is 2.40. The van der Waals surface area contributed by atoms with Crippen LogP contribution in [0.15, 0.2) is 182 Å². The lowest BCUT2D eigenvalue weighted by Crippen LogP contribution is -2.14. The summed E-state index contributed by atoms with van der Waals surface area (Å²) < 4.78 is 0. The normalized spacial score (nSPS) is 12.9. The first-order valence-corrected chi connectivity index (χ1v) is 17.2. The highest BCUT2D eigenvalue weighted by molar-refractivity contribution is 5.88. The van der Waals surface area contributed by atoms with Crippen molar-refractivity contribution in [2.75, 3.05) is 0 Å². The zero-order valence-corrected chi connectivity index (χ0v) is 27.8. The third-order valence-corrected chi connectivity index (χ3v) is 10.5. The minimum Gasteiger partial charge on any atom is -0.0619 e. The van der Waals surface area contributed by atoms with Crippen molar-refractivity contribution < 1.29 is 0 Å². The molecule has 0 N–H and O–H groups in total. The summed E-state index contributed by atoms with van der Waals surface area (Å²) in [6.45, 7) is 4.69. The minimum atomic E-state index is -0.00723. The van der Waals surface area contributed by atoms with Gasteiger partial charge in [-0.1, -0.05) is 166 Å². The second kappa shape index (κ2) is 11.6. The van der Waals surface area contributed by atoms with Crippen molar-refractivity contribution in [1.29, 1.82) is 0 Å². The molecule has 0 heteroatoms. The Bertz CT molecular complexity index is 2510. The Morgan fingerprint density at radius 1 is 0.265 bits per heavy atom. The first-order chi connectivity index (χ1) is 24.0. The maximum atomic E-state index is 2.40. The quantitative estimate of drug-likeness (QED) is 0.179. The van der Waals surface area contributed by atoms with E-state index in [9.17, 15) is 0 Å². The SMILES string of the molecule is CC1(C)c2ccccc2-c2ccc(-c3cccc(-c4ccc(-c5cccc(-c6cccc(-c7ccc8ccccc8c7)c6)c5)cc4)c3)cc21. The Labute approximate surface area is 289 Å². The fourth-order valence-electron chi connectivity index (χ4n) is 7.74. The van der Waals surface area contributed by atoms with Crippen LogP contribution in [0.25, 0.3) is 77.5 Å². The average Bonchev–Trinajstić information content (AvgIpc) is 3.40.